The molecule has 2 heteroatoms. The van der Waals surface area contributed by atoms with Gasteiger partial charge in [0.25, 0.3) is 0 Å². The van der Waals surface area contributed by atoms with Crippen molar-refractivity contribution in [2.24, 2.45) is 11.8 Å². The average Bonchev–Trinajstić information content (AvgIpc) is 3.26. The van der Waals surface area contributed by atoms with E-state index in [-0.39, 0.29) is 0 Å². The zero-order valence-corrected chi connectivity index (χ0v) is 11.9. The number of nitrogens with zero attached hydrogens (tertiary/aromatic N) is 1. The van der Waals surface area contributed by atoms with Crippen molar-refractivity contribution < 1.29 is 0 Å². The fourth-order valence-corrected chi connectivity index (χ4v) is 3.39. The zero-order valence-electron chi connectivity index (χ0n) is 11.9. The molecule has 3 rings (SSSR count). The van der Waals surface area contributed by atoms with E-state index in [2.05, 4.69) is 22.4 Å². The van der Waals surface area contributed by atoms with Gasteiger partial charge in [0.15, 0.2) is 0 Å². The highest BCUT2D eigenvalue weighted by atomic mass is 14.9. The van der Waals surface area contributed by atoms with Crippen molar-refractivity contribution in [2.45, 2.75) is 57.4 Å². The molecule has 0 aromatic carbocycles. The molecule has 2 aliphatic rings. The lowest BCUT2D eigenvalue weighted by Crippen LogP contribution is -2.30. The van der Waals surface area contributed by atoms with E-state index in [1.807, 2.05) is 12.3 Å². The van der Waals surface area contributed by atoms with Gasteiger partial charge in [0.2, 0.25) is 0 Å². The number of rotatable bonds is 5. The minimum absolute atomic E-state index is 0.837. The molecular formula is C17H26N2. The highest BCUT2D eigenvalue weighted by Crippen LogP contribution is 2.31. The summed E-state index contributed by atoms with van der Waals surface area (Å²) in [6, 6.07) is 7.17. The van der Waals surface area contributed by atoms with Crippen molar-refractivity contribution in [1.82, 2.24) is 10.3 Å². The van der Waals surface area contributed by atoms with Crippen LogP contribution >= 0.6 is 0 Å². The zero-order chi connectivity index (χ0) is 12.9. The molecule has 19 heavy (non-hydrogen) atoms. The summed E-state index contributed by atoms with van der Waals surface area (Å²) in [7, 11) is 0. The fraction of sp³-hybridized carbons (Fsp3) is 0.706. The second-order valence-corrected chi connectivity index (χ2v) is 6.37. The molecule has 1 N–H and O–H groups in total. The third-order valence-corrected chi connectivity index (χ3v) is 4.76. The summed E-state index contributed by atoms with van der Waals surface area (Å²) in [5, 5.41) is 3.75. The lowest BCUT2D eigenvalue weighted by atomic mass is 9.84. The van der Waals surface area contributed by atoms with Gasteiger partial charge in [0, 0.05) is 17.9 Å². The summed E-state index contributed by atoms with van der Waals surface area (Å²) in [4.78, 5) is 4.53. The van der Waals surface area contributed by atoms with E-state index in [0.717, 1.165) is 17.9 Å². The molecular weight excluding hydrogens is 232 g/mol. The van der Waals surface area contributed by atoms with Crippen LogP contribution in [0, 0.1) is 11.8 Å². The summed E-state index contributed by atoms with van der Waals surface area (Å²) in [5.74, 6) is 1.70. The highest BCUT2D eigenvalue weighted by molar-refractivity contribution is 5.05. The molecule has 104 valence electrons. The topological polar surface area (TPSA) is 24.9 Å². The molecule has 0 spiro atoms. The molecule has 2 fully saturated rings. The summed E-state index contributed by atoms with van der Waals surface area (Å²) in [6.45, 7) is 1.24. The fourth-order valence-electron chi connectivity index (χ4n) is 3.39. The predicted octanol–water partition coefficient (Wildman–Crippen LogP) is 3.57. The van der Waals surface area contributed by atoms with Crippen LogP contribution < -0.4 is 5.32 Å². The van der Waals surface area contributed by atoms with Gasteiger partial charge in [0.1, 0.15) is 0 Å². The van der Waals surface area contributed by atoms with E-state index in [1.165, 1.54) is 63.6 Å². The quantitative estimate of drug-likeness (QED) is 0.817. The molecule has 2 aliphatic carbocycles. The Morgan fingerprint density at radius 3 is 2.58 bits per heavy atom. The van der Waals surface area contributed by atoms with Crippen LogP contribution in [0.4, 0.5) is 0 Å². The maximum absolute atomic E-state index is 4.53. The molecule has 2 atom stereocenters. The van der Waals surface area contributed by atoms with Crippen molar-refractivity contribution in [3.63, 3.8) is 0 Å². The van der Waals surface area contributed by atoms with Gasteiger partial charge in [-0.05, 0) is 62.6 Å². The van der Waals surface area contributed by atoms with Gasteiger partial charge in [-0.2, -0.15) is 0 Å². The van der Waals surface area contributed by atoms with Crippen LogP contribution in [0.15, 0.2) is 24.4 Å². The van der Waals surface area contributed by atoms with Crippen molar-refractivity contribution in [3.05, 3.63) is 30.1 Å². The summed E-state index contributed by atoms with van der Waals surface area (Å²) in [5.41, 5.74) is 1.28. The van der Waals surface area contributed by atoms with Crippen LogP contribution in [-0.4, -0.2) is 17.6 Å². The van der Waals surface area contributed by atoms with E-state index < -0.39 is 0 Å². The minimum Gasteiger partial charge on any atom is -0.314 e. The van der Waals surface area contributed by atoms with Gasteiger partial charge in [-0.15, -0.1) is 0 Å². The van der Waals surface area contributed by atoms with E-state index in [0.29, 0.717) is 0 Å². The molecule has 1 aromatic heterocycles. The van der Waals surface area contributed by atoms with Gasteiger partial charge in [-0.25, -0.2) is 0 Å². The number of hydrogen-bond donors (Lipinski definition) is 1. The van der Waals surface area contributed by atoms with Crippen LogP contribution in [0.2, 0.25) is 0 Å². The average molecular weight is 258 g/mol. The standard InChI is InChI=1S/C17H26N2/c1-2-6-14(12-17-8-4-5-11-18-17)15(7-3-1)13-19-16-9-10-16/h4-5,8,11,14-16,19H,1-3,6-7,9-10,12-13H2. The summed E-state index contributed by atoms with van der Waals surface area (Å²) in [6.07, 6.45) is 13.0. The third-order valence-electron chi connectivity index (χ3n) is 4.76. The molecule has 2 nitrogen and oxygen atoms in total. The second kappa shape index (κ2) is 6.51. The first-order valence-electron chi connectivity index (χ1n) is 8.05. The molecule has 1 aromatic rings. The van der Waals surface area contributed by atoms with Crippen LogP contribution in [0.25, 0.3) is 0 Å². The normalized spacial score (nSPS) is 28.0. The van der Waals surface area contributed by atoms with Gasteiger partial charge >= 0.3 is 0 Å². The van der Waals surface area contributed by atoms with E-state index in [1.54, 1.807) is 0 Å². The van der Waals surface area contributed by atoms with Gasteiger partial charge < -0.3 is 5.32 Å². The number of nitrogens with one attached hydrogen (secondary N) is 1. The van der Waals surface area contributed by atoms with Crippen molar-refractivity contribution in [1.29, 1.82) is 0 Å². The lowest BCUT2D eigenvalue weighted by molar-refractivity contribution is 0.295. The largest absolute Gasteiger partial charge is 0.314 e. The van der Waals surface area contributed by atoms with Crippen molar-refractivity contribution in [2.75, 3.05) is 6.54 Å². The Morgan fingerprint density at radius 2 is 1.84 bits per heavy atom. The SMILES string of the molecule is c1ccc(CC2CCCCCC2CNC2CC2)nc1. The lowest BCUT2D eigenvalue weighted by Gasteiger charge is -2.25. The highest BCUT2D eigenvalue weighted by Gasteiger charge is 2.27. The van der Waals surface area contributed by atoms with E-state index >= 15 is 0 Å². The maximum Gasteiger partial charge on any atom is 0.0406 e. The Balaban J connectivity index is 1.60. The predicted molar refractivity (Wildman–Crippen MR) is 79.0 cm³/mol. The van der Waals surface area contributed by atoms with E-state index in [9.17, 15) is 0 Å². The van der Waals surface area contributed by atoms with Crippen molar-refractivity contribution in [3.8, 4) is 0 Å². The van der Waals surface area contributed by atoms with E-state index in [4.69, 9.17) is 0 Å². The van der Waals surface area contributed by atoms with Crippen molar-refractivity contribution >= 4 is 0 Å². The molecule has 0 bridgehead atoms. The third kappa shape index (κ3) is 4.04. The van der Waals surface area contributed by atoms with Gasteiger partial charge in [-0.1, -0.05) is 25.3 Å². The molecule has 0 amide bonds. The molecule has 1 heterocycles. The minimum atomic E-state index is 0.837. The van der Waals surface area contributed by atoms with Crippen LogP contribution in [0.1, 0.15) is 50.6 Å². The Bertz CT molecular complexity index is 372. The van der Waals surface area contributed by atoms with Gasteiger partial charge in [0.05, 0.1) is 0 Å². The Labute approximate surface area is 117 Å². The van der Waals surface area contributed by atoms with Crippen LogP contribution in [0.3, 0.4) is 0 Å². The molecule has 0 aliphatic heterocycles. The number of hydrogen-bond acceptors (Lipinski definition) is 2. The first-order valence-corrected chi connectivity index (χ1v) is 8.05. The number of pyridine rings is 1. The first-order chi connectivity index (χ1) is 9.42. The summed E-state index contributed by atoms with van der Waals surface area (Å²) >= 11 is 0. The maximum atomic E-state index is 4.53. The Hall–Kier alpha value is -0.890. The summed E-state index contributed by atoms with van der Waals surface area (Å²) < 4.78 is 0. The Kier molecular flexibility index (Phi) is 4.49. The molecule has 2 saturated carbocycles. The number of aromatic nitrogens is 1. The Morgan fingerprint density at radius 1 is 1.00 bits per heavy atom. The first kappa shape index (κ1) is 13.1. The van der Waals surface area contributed by atoms with Crippen LogP contribution in [-0.2, 0) is 6.42 Å². The van der Waals surface area contributed by atoms with Gasteiger partial charge in [-0.3, -0.25) is 4.98 Å². The molecule has 2 unspecified atom stereocenters. The molecule has 0 radical (unpaired) electrons. The second-order valence-electron chi connectivity index (χ2n) is 6.37. The molecule has 0 saturated heterocycles. The van der Waals surface area contributed by atoms with Crippen LogP contribution in [0.5, 0.6) is 0 Å². The monoisotopic (exact) mass is 258 g/mol. The smallest absolute Gasteiger partial charge is 0.0406 e.